The number of benzene rings is 2. The number of guanidine groups is 1. The molecule has 0 saturated carbocycles. The molecular formula is C16H16FN3. The van der Waals surface area contributed by atoms with E-state index in [4.69, 9.17) is 0 Å². The molecule has 0 bridgehead atoms. The highest BCUT2D eigenvalue weighted by molar-refractivity contribution is 5.94. The summed E-state index contributed by atoms with van der Waals surface area (Å²) >= 11 is 0. The Labute approximate surface area is 117 Å². The zero-order chi connectivity index (χ0) is 13.8. The van der Waals surface area contributed by atoms with Gasteiger partial charge in [0.05, 0.1) is 6.54 Å². The lowest BCUT2D eigenvalue weighted by molar-refractivity contribution is 0.627. The summed E-state index contributed by atoms with van der Waals surface area (Å²) < 4.78 is 12.8. The number of nitrogens with zero attached hydrogens (tertiary/aromatic N) is 1. The minimum atomic E-state index is -0.196. The van der Waals surface area contributed by atoms with Crippen molar-refractivity contribution in [1.29, 1.82) is 0 Å². The maximum Gasteiger partial charge on any atom is 0.195 e. The van der Waals surface area contributed by atoms with Gasteiger partial charge in [0, 0.05) is 12.2 Å². The van der Waals surface area contributed by atoms with Gasteiger partial charge in [0.15, 0.2) is 5.96 Å². The van der Waals surface area contributed by atoms with Gasteiger partial charge in [-0.2, -0.15) is 0 Å². The standard InChI is InChI=1S/C16H16FN3/c17-14-5-1-12(2-6-14)11-13-3-7-15(8-4-13)20-16-18-9-10-19-16/h1-8H,9-11H2,(H2,18,19,20). The molecule has 0 spiro atoms. The molecule has 0 fully saturated rings. The lowest BCUT2D eigenvalue weighted by Gasteiger charge is -2.08. The van der Waals surface area contributed by atoms with Crippen molar-refractivity contribution >= 4 is 11.6 Å². The number of halogens is 1. The highest BCUT2D eigenvalue weighted by Gasteiger charge is 2.04. The fourth-order valence-corrected chi connectivity index (χ4v) is 2.16. The molecule has 20 heavy (non-hydrogen) atoms. The van der Waals surface area contributed by atoms with Crippen molar-refractivity contribution in [3.63, 3.8) is 0 Å². The van der Waals surface area contributed by atoms with E-state index in [0.29, 0.717) is 0 Å². The summed E-state index contributed by atoms with van der Waals surface area (Å²) in [6.07, 6.45) is 0.805. The number of anilines is 1. The van der Waals surface area contributed by atoms with Crippen LogP contribution in [0.1, 0.15) is 11.1 Å². The van der Waals surface area contributed by atoms with E-state index in [0.717, 1.165) is 36.7 Å². The number of hydrogen-bond donors (Lipinski definition) is 2. The van der Waals surface area contributed by atoms with E-state index >= 15 is 0 Å². The summed E-state index contributed by atoms with van der Waals surface area (Å²) in [6, 6.07) is 14.8. The topological polar surface area (TPSA) is 36.4 Å². The lowest BCUT2D eigenvalue weighted by atomic mass is 10.0. The Hall–Kier alpha value is -2.36. The van der Waals surface area contributed by atoms with Gasteiger partial charge in [-0.3, -0.25) is 4.99 Å². The maximum absolute atomic E-state index is 12.8. The van der Waals surface area contributed by atoms with Gasteiger partial charge in [-0.15, -0.1) is 0 Å². The molecule has 3 nitrogen and oxygen atoms in total. The predicted molar refractivity (Wildman–Crippen MR) is 79.6 cm³/mol. The van der Waals surface area contributed by atoms with Gasteiger partial charge < -0.3 is 10.6 Å². The molecule has 0 aliphatic carbocycles. The maximum atomic E-state index is 12.8. The molecule has 1 heterocycles. The molecular weight excluding hydrogens is 253 g/mol. The van der Waals surface area contributed by atoms with Crippen LogP contribution in [0.2, 0.25) is 0 Å². The van der Waals surface area contributed by atoms with Crippen LogP contribution >= 0.6 is 0 Å². The van der Waals surface area contributed by atoms with E-state index in [1.165, 1.54) is 17.7 Å². The SMILES string of the molecule is Fc1ccc(Cc2ccc(NC3=NCCN3)cc2)cc1. The molecule has 2 aromatic rings. The third kappa shape index (κ3) is 3.15. The molecule has 0 aromatic heterocycles. The monoisotopic (exact) mass is 269 g/mol. The third-order valence-corrected chi connectivity index (χ3v) is 3.21. The predicted octanol–water partition coefficient (Wildman–Crippen LogP) is 2.79. The molecule has 2 aromatic carbocycles. The number of hydrogen-bond acceptors (Lipinski definition) is 3. The smallest absolute Gasteiger partial charge is 0.195 e. The van der Waals surface area contributed by atoms with Gasteiger partial charge in [0.25, 0.3) is 0 Å². The highest BCUT2D eigenvalue weighted by Crippen LogP contribution is 2.14. The molecule has 2 N–H and O–H groups in total. The van der Waals surface area contributed by atoms with Crippen molar-refractivity contribution in [2.24, 2.45) is 4.99 Å². The van der Waals surface area contributed by atoms with Crippen LogP contribution in [0.15, 0.2) is 53.5 Å². The summed E-state index contributed by atoms with van der Waals surface area (Å²) in [6.45, 7) is 1.72. The zero-order valence-electron chi connectivity index (χ0n) is 11.1. The van der Waals surface area contributed by atoms with Gasteiger partial charge in [-0.1, -0.05) is 24.3 Å². The van der Waals surface area contributed by atoms with Crippen molar-refractivity contribution < 1.29 is 4.39 Å². The molecule has 4 heteroatoms. The molecule has 0 atom stereocenters. The first kappa shape index (κ1) is 12.7. The molecule has 3 rings (SSSR count). The van der Waals surface area contributed by atoms with Gasteiger partial charge in [0.2, 0.25) is 0 Å². The zero-order valence-corrected chi connectivity index (χ0v) is 11.1. The van der Waals surface area contributed by atoms with Crippen LogP contribution in [-0.2, 0) is 6.42 Å². The van der Waals surface area contributed by atoms with Crippen molar-refractivity contribution in [3.05, 3.63) is 65.5 Å². The molecule has 0 unspecified atom stereocenters. The summed E-state index contributed by atoms with van der Waals surface area (Å²) in [5.74, 6) is 0.634. The molecule has 1 aliphatic rings. The van der Waals surface area contributed by atoms with Crippen LogP contribution in [0.25, 0.3) is 0 Å². The van der Waals surface area contributed by atoms with Gasteiger partial charge in [0.1, 0.15) is 5.82 Å². The minimum absolute atomic E-state index is 0.196. The Morgan fingerprint density at radius 1 is 1.00 bits per heavy atom. The molecule has 0 radical (unpaired) electrons. The van der Waals surface area contributed by atoms with Crippen molar-refractivity contribution in [3.8, 4) is 0 Å². The van der Waals surface area contributed by atoms with E-state index in [1.54, 1.807) is 0 Å². The first-order chi connectivity index (χ1) is 9.79. The highest BCUT2D eigenvalue weighted by atomic mass is 19.1. The summed E-state index contributed by atoms with van der Waals surface area (Å²) in [7, 11) is 0. The number of rotatable bonds is 3. The van der Waals surface area contributed by atoms with E-state index in [9.17, 15) is 4.39 Å². The minimum Gasteiger partial charge on any atom is -0.354 e. The summed E-state index contributed by atoms with van der Waals surface area (Å²) in [5, 5.41) is 6.40. The molecule has 0 amide bonds. The van der Waals surface area contributed by atoms with E-state index in [1.807, 2.05) is 24.3 Å². The average molecular weight is 269 g/mol. The first-order valence-corrected chi connectivity index (χ1v) is 6.68. The Morgan fingerprint density at radius 2 is 1.65 bits per heavy atom. The van der Waals surface area contributed by atoms with Crippen LogP contribution in [0.5, 0.6) is 0 Å². The molecule has 1 aliphatic heterocycles. The Morgan fingerprint density at radius 3 is 2.25 bits per heavy atom. The quantitative estimate of drug-likeness (QED) is 0.899. The fraction of sp³-hybridized carbons (Fsp3) is 0.188. The average Bonchev–Trinajstić information content (AvgIpc) is 2.96. The largest absolute Gasteiger partial charge is 0.354 e. The van der Waals surface area contributed by atoms with E-state index in [-0.39, 0.29) is 5.82 Å². The first-order valence-electron chi connectivity index (χ1n) is 6.68. The van der Waals surface area contributed by atoms with E-state index in [2.05, 4.69) is 27.8 Å². The second-order valence-electron chi connectivity index (χ2n) is 4.78. The normalized spacial score (nSPS) is 13.8. The summed E-state index contributed by atoms with van der Waals surface area (Å²) in [5.41, 5.74) is 3.32. The molecule has 102 valence electrons. The van der Waals surface area contributed by atoms with Crippen molar-refractivity contribution in [1.82, 2.24) is 5.32 Å². The van der Waals surface area contributed by atoms with Crippen LogP contribution < -0.4 is 10.6 Å². The van der Waals surface area contributed by atoms with Crippen LogP contribution in [0, 0.1) is 5.82 Å². The Bertz CT molecular complexity index is 603. The summed E-state index contributed by atoms with van der Waals surface area (Å²) in [4.78, 5) is 4.29. The fourth-order valence-electron chi connectivity index (χ4n) is 2.16. The number of nitrogens with one attached hydrogen (secondary N) is 2. The lowest BCUT2D eigenvalue weighted by Crippen LogP contribution is -2.26. The van der Waals surface area contributed by atoms with Crippen LogP contribution in [0.4, 0.5) is 10.1 Å². The van der Waals surface area contributed by atoms with Gasteiger partial charge in [-0.05, 0) is 41.8 Å². The van der Waals surface area contributed by atoms with Crippen LogP contribution in [-0.4, -0.2) is 19.0 Å². The second kappa shape index (κ2) is 5.74. The van der Waals surface area contributed by atoms with Crippen LogP contribution in [0.3, 0.4) is 0 Å². The van der Waals surface area contributed by atoms with Gasteiger partial charge >= 0.3 is 0 Å². The second-order valence-corrected chi connectivity index (χ2v) is 4.78. The number of aliphatic imine (C=N–C) groups is 1. The molecule has 0 saturated heterocycles. The Kier molecular flexibility index (Phi) is 3.63. The Balaban J connectivity index is 1.65. The van der Waals surface area contributed by atoms with Crippen molar-refractivity contribution in [2.45, 2.75) is 6.42 Å². The van der Waals surface area contributed by atoms with Crippen molar-refractivity contribution in [2.75, 3.05) is 18.4 Å². The third-order valence-electron chi connectivity index (χ3n) is 3.21. The van der Waals surface area contributed by atoms with E-state index < -0.39 is 0 Å². The van der Waals surface area contributed by atoms with Gasteiger partial charge in [-0.25, -0.2) is 4.39 Å².